The van der Waals surface area contributed by atoms with E-state index in [1.807, 2.05) is 6.07 Å². The van der Waals surface area contributed by atoms with Crippen molar-refractivity contribution in [3.05, 3.63) is 59.9 Å². The number of nitrogens with one attached hydrogen (secondary N) is 2. The number of halogens is 1. The Morgan fingerprint density at radius 1 is 0.964 bits per heavy atom. The summed E-state index contributed by atoms with van der Waals surface area (Å²) >= 11 is 0. The zero-order valence-corrected chi connectivity index (χ0v) is 15.2. The van der Waals surface area contributed by atoms with Crippen LogP contribution in [0.2, 0.25) is 0 Å². The van der Waals surface area contributed by atoms with Crippen LogP contribution in [0.3, 0.4) is 0 Å². The Morgan fingerprint density at radius 3 is 2.36 bits per heavy atom. The van der Waals surface area contributed by atoms with Gasteiger partial charge in [-0.15, -0.1) is 0 Å². The summed E-state index contributed by atoms with van der Waals surface area (Å²) in [4.78, 5) is 25.4. The molecule has 28 heavy (non-hydrogen) atoms. The molecule has 2 aromatic carbocycles. The molecule has 0 bridgehead atoms. The molecule has 4 rings (SSSR count). The van der Waals surface area contributed by atoms with E-state index in [4.69, 9.17) is 9.47 Å². The smallest absolute Gasteiger partial charge is 0.283 e. The summed E-state index contributed by atoms with van der Waals surface area (Å²) in [6, 6.07) is 13.1. The number of fused-ring (bicyclic) bond motifs is 1. The molecular formula is C21H21FN2O4. The predicted octanol–water partition coefficient (Wildman–Crippen LogP) is 2.62. The van der Waals surface area contributed by atoms with Gasteiger partial charge in [-0.2, -0.15) is 0 Å². The number of rotatable bonds is 3. The second-order valence-electron chi connectivity index (χ2n) is 7.10. The summed E-state index contributed by atoms with van der Waals surface area (Å²) in [5.74, 6) is -0.0758. The zero-order chi connectivity index (χ0) is 19.6. The molecule has 2 amide bonds. The Morgan fingerprint density at radius 2 is 1.64 bits per heavy atom. The minimum Gasteiger partial charge on any atom is -0.485 e. The summed E-state index contributed by atoms with van der Waals surface area (Å²) in [5, 5.41) is 0. The van der Waals surface area contributed by atoms with Gasteiger partial charge in [-0.3, -0.25) is 20.4 Å². The van der Waals surface area contributed by atoms with E-state index in [9.17, 15) is 14.0 Å². The van der Waals surface area contributed by atoms with E-state index in [1.165, 1.54) is 12.1 Å². The van der Waals surface area contributed by atoms with Gasteiger partial charge in [0, 0.05) is 0 Å². The van der Waals surface area contributed by atoms with Crippen molar-refractivity contribution in [3.63, 3.8) is 0 Å². The Kier molecular flexibility index (Phi) is 4.90. The van der Waals surface area contributed by atoms with Crippen molar-refractivity contribution in [2.24, 2.45) is 0 Å². The predicted molar refractivity (Wildman–Crippen MR) is 99.2 cm³/mol. The van der Waals surface area contributed by atoms with Gasteiger partial charge in [-0.05, 0) is 42.7 Å². The molecule has 1 heterocycles. The molecule has 0 radical (unpaired) electrons. The maximum atomic E-state index is 13.3. The normalized spacial score (nSPS) is 19.7. The minimum atomic E-state index is -0.861. The van der Waals surface area contributed by atoms with Gasteiger partial charge < -0.3 is 9.47 Å². The second kappa shape index (κ2) is 7.50. The average molecular weight is 384 g/mol. The van der Waals surface area contributed by atoms with E-state index in [-0.39, 0.29) is 18.3 Å². The first-order valence-electron chi connectivity index (χ1n) is 9.33. The molecule has 1 aliphatic heterocycles. The summed E-state index contributed by atoms with van der Waals surface area (Å²) in [7, 11) is 0. The zero-order valence-electron chi connectivity index (χ0n) is 15.2. The highest BCUT2D eigenvalue weighted by molar-refractivity contribution is 5.91. The van der Waals surface area contributed by atoms with Crippen molar-refractivity contribution in [2.45, 2.75) is 37.2 Å². The van der Waals surface area contributed by atoms with E-state index < -0.39 is 17.4 Å². The fraction of sp³-hybridized carbons (Fsp3) is 0.333. The monoisotopic (exact) mass is 384 g/mol. The number of para-hydroxylation sites is 2. The standard InChI is InChI=1S/C21H21FN2O4/c22-15-9-7-14(8-10-15)21(11-3-4-12-21)20(26)24-23-19(25)18-13-27-16-5-1-2-6-17(16)28-18/h1-2,5-10,18H,3-4,11-13H2,(H,23,25)(H,24,26). The van der Waals surface area contributed by atoms with E-state index >= 15 is 0 Å². The highest BCUT2D eigenvalue weighted by atomic mass is 19.1. The Labute approximate surface area is 162 Å². The van der Waals surface area contributed by atoms with Gasteiger partial charge in [0.1, 0.15) is 12.4 Å². The lowest BCUT2D eigenvalue weighted by molar-refractivity contribution is -0.137. The molecule has 0 spiro atoms. The molecule has 1 atom stereocenters. The van der Waals surface area contributed by atoms with Gasteiger partial charge in [-0.1, -0.05) is 37.1 Å². The van der Waals surface area contributed by atoms with Crippen molar-refractivity contribution in [2.75, 3.05) is 6.61 Å². The Bertz CT molecular complexity index is 878. The fourth-order valence-electron chi connectivity index (χ4n) is 3.86. The molecule has 1 saturated carbocycles. The first-order chi connectivity index (χ1) is 13.6. The van der Waals surface area contributed by atoms with Crippen LogP contribution in [0.15, 0.2) is 48.5 Å². The first kappa shape index (κ1) is 18.3. The van der Waals surface area contributed by atoms with Gasteiger partial charge >= 0.3 is 0 Å². The highest BCUT2D eigenvalue weighted by Gasteiger charge is 2.43. The Hall–Kier alpha value is -3.09. The number of carbonyl (C=O) groups excluding carboxylic acids is 2. The van der Waals surface area contributed by atoms with Crippen LogP contribution in [0.1, 0.15) is 31.2 Å². The molecule has 1 fully saturated rings. The van der Waals surface area contributed by atoms with Crippen LogP contribution in [-0.2, 0) is 15.0 Å². The molecule has 2 aromatic rings. The van der Waals surface area contributed by atoms with Gasteiger partial charge in [0.05, 0.1) is 5.41 Å². The number of hydrogen-bond donors (Lipinski definition) is 2. The molecular weight excluding hydrogens is 363 g/mol. The molecule has 2 N–H and O–H groups in total. The van der Waals surface area contributed by atoms with Gasteiger partial charge in [0.15, 0.2) is 11.5 Å². The van der Waals surface area contributed by atoms with Gasteiger partial charge in [-0.25, -0.2) is 4.39 Å². The molecule has 2 aliphatic rings. The van der Waals surface area contributed by atoms with Crippen molar-refractivity contribution in [1.82, 2.24) is 10.9 Å². The van der Waals surface area contributed by atoms with Crippen molar-refractivity contribution < 1.29 is 23.5 Å². The number of hydrazine groups is 1. The third-order valence-electron chi connectivity index (χ3n) is 5.39. The fourth-order valence-corrected chi connectivity index (χ4v) is 3.86. The number of carbonyl (C=O) groups is 2. The van der Waals surface area contributed by atoms with E-state index in [0.717, 1.165) is 18.4 Å². The number of amides is 2. The van der Waals surface area contributed by atoms with Gasteiger partial charge in [0.2, 0.25) is 12.0 Å². The Balaban J connectivity index is 1.41. The largest absolute Gasteiger partial charge is 0.485 e. The molecule has 1 unspecified atom stereocenters. The van der Waals surface area contributed by atoms with Crippen molar-refractivity contribution in [1.29, 1.82) is 0 Å². The van der Waals surface area contributed by atoms with Crippen LogP contribution >= 0.6 is 0 Å². The first-order valence-corrected chi connectivity index (χ1v) is 9.33. The number of hydrogen-bond acceptors (Lipinski definition) is 4. The summed E-state index contributed by atoms with van der Waals surface area (Å²) < 4.78 is 24.5. The molecule has 7 heteroatoms. The van der Waals surface area contributed by atoms with E-state index in [0.29, 0.717) is 24.3 Å². The number of benzene rings is 2. The molecule has 0 aromatic heterocycles. The van der Waals surface area contributed by atoms with Crippen LogP contribution in [0.5, 0.6) is 11.5 Å². The maximum Gasteiger partial charge on any atom is 0.283 e. The lowest BCUT2D eigenvalue weighted by atomic mass is 9.78. The van der Waals surface area contributed by atoms with E-state index in [1.54, 1.807) is 30.3 Å². The average Bonchev–Trinajstić information content (AvgIpc) is 3.23. The molecule has 6 nitrogen and oxygen atoms in total. The molecule has 0 saturated heterocycles. The second-order valence-corrected chi connectivity index (χ2v) is 7.10. The molecule has 146 valence electrons. The van der Waals surface area contributed by atoms with Crippen molar-refractivity contribution in [3.8, 4) is 11.5 Å². The lowest BCUT2D eigenvalue weighted by Crippen LogP contribution is -2.55. The van der Waals surface area contributed by atoms with Crippen LogP contribution in [-0.4, -0.2) is 24.5 Å². The third kappa shape index (κ3) is 3.40. The van der Waals surface area contributed by atoms with Crippen LogP contribution < -0.4 is 20.3 Å². The highest BCUT2D eigenvalue weighted by Crippen LogP contribution is 2.41. The van der Waals surface area contributed by atoms with Crippen LogP contribution in [0, 0.1) is 5.82 Å². The van der Waals surface area contributed by atoms with Crippen molar-refractivity contribution >= 4 is 11.8 Å². The van der Waals surface area contributed by atoms with Crippen LogP contribution in [0.25, 0.3) is 0 Å². The van der Waals surface area contributed by atoms with E-state index in [2.05, 4.69) is 10.9 Å². The maximum absolute atomic E-state index is 13.3. The minimum absolute atomic E-state index is 0.0574. The molecule has 1 aliphatic carbocycles. The topological polar surface area (TPSA) is 76.7 Å². The quantitative estimate of drug-likeness (QED) is 0.798. The third-order valence-corrected chi connectivity index (χ3v) is 5.39. The summed E-state index contributed by atoms with van der Waals surface area (Å²) in [6.45, 7) is 0.0574. The summed E-state index contributed by atoms with van der Waals surface area (Å²) in [5.41, 5.74) is 4.97. The number of ether oxygens (including phenoxy) is 2. The van der Waals surface area contributed by atoms with Gasteiger partial charge in [0.25, 0.3) is 5.91 Å². The SMILES string of the molecule is O=C(NNC(=O)C1(c2ccc(F)cc2)CCCC1)C1COc2ccccc2O1. The summed E-state index contributed by atoms with van der Waals surface area (Å²) in [6.07, 6.45) is 2.23. The van der Waals surface area contributed by atoms with Crippen LogP contribution in [0.4, 0.5) is 4.39 Å². The lowest BCUT2D eigenvalue weighted by Gasteiger charge is -2.29.